The summed E-state index contributed by atoms with van der Waals surface area (Å²) < 4.78 is 0. The van der Waals surface area contributed by atoms with Crippen molar-refractivity contribution in [2.75, 3.05) is 21.1 Å². The quantitative estimate of drug-likeness (QED) is 0.396. The van der Waals surface area contributed by atoms with Crippen LogP contribution in [0.25, 0.3) is 0 Å². The normalized spacial score (nSPS) is 14.3. The molecule has 0 aliphatic heterocycles. The molecule has 0 aliphatic carbocycles. The summed E-state index contributed by atoms with van der Waals surface area (Å²) in [6, 6.07) is -0.204. The van der Waals surface area contributed by atoms with Gasteiger partial charge in [-0.3, -0.25) is 10.6 Å². The zero-order valence-electron chi connectivity index (χ0n) is 7.93. The molecule has 0 amide bonds. The van der Waals surface area contributed by atoms with Gasteiger partial charge < -0.3 is 10.4 Å². The number of carboxylic acid groups (broad SMARTS) is 1. The largest absolute Gasteiger partial charge is 0.479 e. The van der Waals surface area contributed by atoms with Gasteiger partial charge in [0.15, 0.2) is 5.66 Å². The van der Waals surface area contributed by atoms with Crippen molar-refractivity contribution < 1.29 is 9.90 Å². The first-order chi connectivity index (χ1) is 5.55. The Hall–Kier alpha value is -0.650. The van der Waals surface area contributed by atoms with Crippen LogP contribution in [-0.2, 0) is 4.79 Å². The van der Waals surface area contributed by atoms with E-state index in [0.29, 0.717) is 0 Å². The number of hydrogen-bond acceptors (Lipinski definition) is 4. The Labute approximate surface area is 72.5 Å². The second kappa shape index (κ2) is 4.39. The first-order valence-corrected chi connectivity index (χ1v) is 3.83. The smallest absolute Gasteiger partial charge is 0.340 e. The molecule has 72 valence electrons. The summed E-state index contributed by atoms with van der Waals surface area (Å²) >= 11 is 0. The minimum atomic E-state index is -1.10. The Balaban J connectivity index is 4.68. The lowest BCUT2D eigenvalue weighted by atomic mass is 10.0. The number of carboxylic acids is 1. The van der Waals surface area contributed by atoms with Gasteiger partial charge in [0, 0.05) is 6.04 Å². The van der Waals surface area contributed by atoms with Crippen molar-refractivity contribution in [3.05, 3.63) is 0 Å². The summed E-state index contributed by atoms with van der Waals surface area (Å²) in [5.74, 6) is -0.922. The predicted molar refractivity (Wildman–Crippen MR) is 47.0 cm³/mol. The molecule has 1 atom stereocenters. The van der Waals surface area contributed by atoms with E-state index in [1.165, 1.54) is 0 Å². The average Bonchev–Trinajstić information content (AvgIpc) is 2.06. The molecule has 0 aromatic heterocycles. The number of hydrogen-bond donors (Lipinski definition) is 4. The zero-order chi connectivity index (χ0) is 9.78. The van der Waals surface area contributed by atoms with Crippen molar-refractivity contribution in [3.63, 3.8) is 0 Å². The first-order valence-electron chi connectivity index (χ1n) is 3.83. The highest BCUT2D eigenvalue weighted by atomic mass is 16.4. The van der Waals surface area contributed by atoms with Gasteiger partial charge in [-0.05, 0) is 28.1 Å². The van der Waals surface area contributed by atoms with Crippen molar-refractivity contribution in [1.82, 2.24) is 16.0 Å². The van der Waals surface area contributed by atoms with Crippen LogP contribution in [0.2, 0.25) is 0 Å². The second-order valence-corrected chi connectivity index (χ2v) is 2.62. The van der Waals surface area contributed by atoms with Gasteiger partial charge in [-0.25, -0.2) is 4.79 Å². The molecule has 0 aromatic carbocycles. The molecule has 0 saturated heterocycles. The molecule has 0 rings (SSSR count). The molecule has 0 fully saturated rings. The van der Waals surface area contributed by atoms with Crippen molar-refractivity contribution in [2.24, 2.45) is 0 Å². The standard InChI is InChI=1S/C7H17N3O2/c1-5(8-2)7(9-3,10-4)6(11)12/h5,8-10H,1-4H3,(H,11,12). The van der Waals surface area contributed by atoms with Crippen molar-refractivity contribution >= 4 is 5.97 Å². The van der Waals surface area contributed by atoms with Crippen LogP contribution in [0.5, 0.6) is 0 Å². The fraction of sp³-hybridized carbons (Fsp3) is 0.857. The summed E-state index contributed by atoms with van der Waals surface area (Å²) in [5.41, 5.74) is -1.10. The lowest BCUT2D eigenvalue weighted by Crippen LogP contribution is -2.69. The lowest BCUT2D eigenvalue weighted by Gasteiger charge is -2.34. The fourth-order valence-corrected chi connectivity index (χ4v) is 1.17. The highest BCUT2D eigenvalue weighted by molar-refractivity contribution is 5.79. The monoisotopic (exact) mass is 175 g/mol. The van der Waals surface area contributed by atoms with Crippen LogP contribution in [-0.4, -0.2) is 43.9 Å². The summed E-state index contributed by atoms with van der Waals surface area (Å²) in [5, 5.41) is 17.3. The van der Waals surface area contributed by atoms with Gasteiger partial charge in [0.25, 0.3) is 0 Å². The van der Waals surface area contributed by atoms with E-state index in [-0.39, 0.29) is 6.04 Å². The topological polar surface area (TPSA) is 73.4 Å². The molecule has 1 unspecified atom stereocenters. The molecule has 5 heteroatoms. The van der Waals surface area contributed by atoms with E-state index >= 15 is 0 Å². The molecule has 0 aromatic rings. The summed E-state index contributed by atoms with van der Waals surface area (Å²) in [4.78, 5) is 10.9. The van der Waals surface area contributed by atoms with Gasteiger partial charge >= 0.3 is 5.97 Å². The number of likely N-dealkylation sites (N-methyl/N-ethyl adjacent to an activating group) is 3. The molecule has 0 spiro atoms. The molecule has 12 heavy (non-hydrogen) atoms. The zero-order valence-corrected chi connectivity index (χ0v) is 7.93. The van der Waals surface area contributed by atoms with Crippen molar-refractivity contribution in [1.29, 1.82) is 0 Å². The van der Waals surface area contributed by atoms with Gasteiger partial charge in [-0.2, -0.15) is 0 Å². The molecule has 0 radical (unpaired) electrons. The van der Waals surface area contributed by atoms with Gasteiger partial charge in [-0.1, -0.05) is 0 Å². The molecule has 4 N–H and O–H groups in total. The summed E-state index contributed by atoms with van der Waals surface area (Å²) in [6.07, 6.45) is 0. The third kappa shape index (κ3) is 1.74. The van der Waals surface area contributed by atoms with E-state index in [9.17, 15) is 4.79 Å². The van der Waals surface area contributed by atoms with E-state index in [1.807, 2.05) is 0 Å². The van der Waals surface area contributed by atoms with Gasteiger partial charge in [0.1, 0.15) is 0 Å². The minimum absolute atomic E-state index is 0.204. The maximum atomic E-state index is 10.9. The van der Waals surface area contributed by atoms with Gasteiger partial charge in [0.05, 0.1) is 0 Å². The molecular weight excluding hydrogens is 158 g/mol. The average molecular weight is 175 g/mol. The van der Waals surface area contributed by atoms with Crippen molar-refractivity contribution in [2.45, 2.75) is 18.6 Å². The fourth-order valence-electron chi connectivity index (χ4n) is 1.17. The van der Waals surface area contributed by atoms with Gasteiger partial charge in [-0.15, -0.1) is 0 Å². The number of rotatable bonds is 5. The van der Waals surface area contributed by atoms with Crippen molar-refractivity contribution in [3.8, 4) is 0 Å². The third-order valence-electron chi connectivity index (χ3n) is 2.21. The molecule has 0 bridgehead atoms. The van der Waals surface area contributed by atoms with E-state index < -0.39 is 11.6 Å². The molecule has 5 nitrogen and oxygen atoms in total. The Morgan fingerprint density at radius 2 is 1.75 bits per heavy atom. The van der Waals surface area contributed by atoms with E-state index in [2.05, 4.69) is 16.0 Å². The Bertz CT molecular complexity index is 157. The number of carbonyl (C=O) groups is 1. The highest BCUT2D eigenvalue weighted by Gasteiger charge is 2.40. The van der Waals surface area contributed by atoms with Crippen LogP contribution in [0, 0.1) is 0 Å². The van der Waals surface area contributed by atoms with Crippen LogP contribution in [0.4, 0.5) is 0 Å². The second-order valence-electron chi connectivity index (χ2n) is 2.62. The molecule has 0 heterocycles. The Morgan fingerprint density at radius 1 is 1.33 bits per heavy atom. The van der Waals surface area contributed by atoms with E-state index in [1.54, 1.807) is 28.1 Å². The maximum absolute atomic E-state index is 10.9. The molecule has 0 aliphatic rings. The third-order valence-corrected chi connectivity index (χ3v) is 2.21. The molecular formula is C7H17N3O2. The van der Waals surface area contributed by atoms with Crippen LogP contribution in [0.3, 0.4) is 0 Å². The van der Waals surface area contributed by atoms with Crippen LogP contribution in [0.1, 0.15) is 6.92 Å². The maximum Gasteiger partial charge on any atom is 0.340 e. The highest BCUT2D eigenvalue weighted by Crippen LogP contribution is 2.05. The van der Waals surface area contributed by atoms with E-state index in [0.717, 1.165) is 0 Å². The van der Waals surface area contributed by atoms with E-state index in [4.69, 9.17) is 5.11 Å². The SMILES string of the molecule is CNC(C)C(NC)(NC)C(=O)O. The first kappa shape index (κ1) is 11.4. The summed E-state index contributed by atoms with van der Waals surface area (Å²) in [7, 11) is 4.94. The predicted octanol–water partition coefficient (Wildman–Crippen LogP) is -1.19. The Kier molecular flexibility index (Phi) is 4.16. The number of nitrogens with one attached hydrogen (secondary N) is 3. The Morgan fingerprint density at radius 3 is 1.83 bits per heavy atom. The minimum Gasteiger partial charge on any atom is -0.479 e. The lowest BCUT2D eigenvalue weighted by molar-refractivity contribution is -0.147. The van der Waals surface area contributed by atoms with Crippen LogP contribution >= 0.6 is 0 Å². The summed E-state index contributed by atoms with van der Waals surface area (Å²) in [6.45, 7) is 1.79. The number of aliphatic carboxylic acids is 1. The van der Waals surface area contributed by atoms with Crippen LogP contribution in [0.15, 0.2) is 0 Å². The van der Waals surface area contributed by atoms with Crippen LogP contribution < -0.4 is 16.0 Å². The molecule has 0 saturated carbocycles. The van der Waals surface area contributed by atoms with Gasteiger partial charge in [0.2, 0.25) is 0 Å².